The normalized spacial score (nSPS) is 17.4. The number of halogens is 1. The topological polar surface area (TPSA) is 46.3 Å². The van der Waals surface area contributed by atoms with Crippen molar-refractivity contribution in [1.29, 1.82) is 0 Å². The smallest absolute Gasteiger partial charge is 0.231 e. The van der Waals surface area contributed by atoms with Crippen molar-refractivity contribution < 1.29 is 4.79 Å². The second-order valence-corrected chi connectivity index (χ2v) is 6.32. The highest BCUT2D eigenvalue weighted by Crippen LogP contribution is 2.27. The van der Waals surface area contributed by atoms with Gasteiger partial charge in [-0.25, -0.2) is 0 Å². The van der Waals surface area contributed by atoms with Crippen LogP contribution in [0.25, 0.3) is 0 Å². The van der Waals surface area contributed by atoms with E-state index in [0.29, 0.717) is 13.0 Å². The van der Waals surface area contributed by atoms with E-state index >= 15 is 0 Å². The number of rotatable bonds is 2. The van der Waals surface area contributed by atoms with Crippen molar-refractivity contribution in [2.24, 2.45) is 5.73 Å². The summed E-state index contributed by atoms with van der Waals surface area (Å²) in [6, 6.07) is 15.9. The van der Waals surface area contributed by atoms with Gasteiger partial charge in [0.25, 0.3) is 0 Å². The molecule has 2 aromatic carbocycles. The van der Waals surface area contributed by atoms with Gasteiger partial charge in [-0.05, 0) is 35.7 Å². The molecule has 0 aromatic heterocycles. The third-order valence-corrected chi connectivity index (χ3v) is 4.22. The van der Waals surface area contributed by atoms with Gasteiger partial charge in [-0.15, -0.1) is 0 Å². The van der Waals surface area contributed by atoms with Crippen molar-refractivity contribution in [2.75, 3.05) is 11.4 Å². The van der Waals surface area contributed by atoms with E-state index in [1.807, 2.05) is 53.4 Å². The predicted octanol–water partition coefficient (Wildman–Crippen LogP) is 2.91. The van der Waals surface area contributed by atoms with Gasteiger partial charge < -0.3 is 10.6 Å². The number of carbonyl (C=O) groups excluding carboxylic acids is 1. The van der Waals surface area contributed by atoms with E-state index in [0.717, 1.165) is 27.7 Å². The lowest BCUT2D eigenvalue weighted by Gasteiger charge is -2.33. The summed E-state index contributed by atoms with van der Waals surface area (Å²) in [6.07, 6.45) is 1.22. The van der Waals surface area contributed by atoms with Crippen LogP contribution in [0, 0.1) is 0 Å². The summed E-state index contributed by atoms with van der Waals surface area (Å²) < 4.78 is 0.989. The summed E-state index contributed by atoms with van der Waals surface area (Å²) in [5.74, 6) is 0.0932. The molecule has 1 atom stereocenters. The van der Waals surface area contributed by atoms with Crippen molar-refractivity contribution in [3.05, 3.63) is 64.1 Å². The summed E-state index contributed by atoms with van der Waals surface area (Å²) in [5, 5.41) is 0. The molecule has 0 fully saturated rings. The number of carbonyl (C=O) groups is 1. The van der Waals surface area contributed by atoms with Crippen LogP contribution in [0.1, 0.15) is 11.1 Å². The van der Waals surface area contributed by atoms with E-state index < -0.39 is 0 Å². The highest BCUT2D eigenvalue weighted by Gasteiger charge is 2.26. The largest absolute Gasteiger partial charge is 0.326 e. The van der Waals surface area contributed by atoms with Gasteiger partial charge in [0, 0.05) is 22.7 Å². The van der Waals surface area contributed by atoms with Crippen LogP contribution >= 0.6 is 15.9 Å². The van der Waals surface area contributed by atoms with Gasteiger partial charge in [0.15, 0.2) is 0 Å². The first-order chi connectivity index (χ1) is 10.1. The lowest BCUT2D eigenvalue weighted by molar-refractivity contribution is -0.118. The fourth-order valence-electron chi connectivity index (χ4n) is 2.78. The molecule has 4 heteroatoms. The zero-order valence-electron chi connectivity index (χ0n) is 11.6. The van der Waals surface area contributed by atoms with Crippen molar-refractivity contribution in [3.8, 4) is 0 Å². The van der Waals surface area contributed by atoms with Gasteiger partial charge in [-0.2, -0.15) is 0 Å². The van der Waals surface area contributed by atoms with E-state index in [4.69, 9.17) is 5.73 Å². The Hall–Kier alpha value is -1.65. The molecule has 0 saturated carbocycles. The summed E-state index contributed by atoms with van der Waals surface area (Å²) >= 11 is 3.44. The van der Waals surface area contributed by atoms with Crippen molar-refractivity contribution in [3.63, 3.8) is 0 Å². The Morgan fingerprint density at radius 2 is 2.05 bits per heavy atom. The molecular formula is C17H17BrN2O. The molecule has 1 unspecified atom stereocenters. The van der Waals surface area contributed by atoms with E-state index in [1.165, 1.54) is 0 Å². The highest BCUT2D eigenvalue weighted by atomic mass is 79.9. The number of para-hydroxylation sites is 1. The minimum Gasteiger partial charge on any atom is -0.326 e. The molecule has 1 aliphatic heterocycles. The third kappa shape index (κ3) is 3.17. The van der Waals surface area contributed by atoms with E-state index in [9.17, 15) is 4.79 Å². The third-order valence-electron chi connectivity index (χ3n) is 3.73. The molecule has 1 heterocycles. The van der Waals surface area contributed by atoms with Gasteiger partial charge in [0.05, 0.1) is 6.42 Å². The maximum atomic E-state index is 12.6. The van der Waals surface area contributed by atoms with E-state index in [2.05, 4.69) is 15.9 Å². The number of amides is 1. The molecule has 0 aliphatic carbocycles. The van der Waals surface area contributed by atoms with Crippen LogP contribution in [0.3, 0.4) is 0 Å². The number of nitrogens with two attached hydrogens (primary N) is 1. The highest BCUT2D eigenvalue weighted by molar-refractivity contribution is 9.10. The fraction of sp³-hybridized carbons (Fsp3) is 0.235. The molecule has 0 spiro atoms. The molecule has 3 nitrogen and oxygen atoms in total. The standard InChI is InChI=1S/C17H17BrN2O/c18-14-6-3-4-12(8-14)9-17(21)20-11-15(19)10-13-5-1-2-7-16(13)20/h1-8,15H,9-11,19H2. The number of nitrogens with zero attached hydrogens (tertiary/aromatic N) is 1. The average Bonchev–Trinajstić information content (AvgIpc) is 2.46. The Morgan fingerprint density at radius 1 is 1.24 bits per heavy atom. The SMILES string of the molecule is NC1Cc2ccccc2N(C(=O)Cc2cccc(Br)c2)C1. The molecule has 21 heavy (non-hydrogen) atoms. The zero-order chi connectivity index (χ0) is 14.8. The second kappa shape index (κ2) is 6.00. The van der Waals surface area contributed by atoms with Crippen LogP contribution in [0.15, 0.2) is 53.0 Å². The number of benzene rings is 2. The van der Waals surface area contributed by atoms with Crippen LogP contribution in [0.2, 0.25) is 0 Å². The molecule has 2 aromatic rings. The fourth-order valence-corrected chi connectivity index (χ4v) is 3.23. The van der Waals surface area contributed by atoms with Crippen molar-refractivity contribution in [1.82, 2.24) is 0 Å². The van der Waals surface area contributed by atoms with Crippen LogP contribution in [0.4, 0.5) is 5.69 Å². The minimum atomic E-state index is 0.00589. The van der Waals surface area contributed by atoms with Crippen LogP contribution < -0.4 is 10.6 Å². The number of fused-ring (bicyclic) bond motifs is 1. The van der Waals surface area contributed by atoms with Crippen LogP contribution in [-0.4, -0.2) is 18.5 Å². The van der Waals surface area contributed by atoms with E-state index in [-0.39, 0.29) is 11.9 Å². The van der Waals surface area contributed by atoms with Crippen molar-refractivity contribution >= 4 is 27.5 Å². The monoisotopic (exact) mass is 344 g/mol. The maximum Gasteiger partial charge on any atom is 0.231 e. The molecule has 0 radical (unpaired) electrons. The van der Waals surface area contributed by atoms with Gasteiger partial charge in [-0.3, -0.25) is 4.79 Å². The first-order valence-electron chi connectivity index (χ1n) is 7.02. The second-order valence-electron chi connectivity index (χ2n) is 5.40. The van der Waals surface area contributed by atoms with Crippen LogP contribution in [0.5, 0.6) is 0 Å². The zero-order valence-corrected chi connectivity index (χ0v) is 13.2. The number of hydrogen-bond acceptors (Lipinski definition) is 2. The number of hydrogen-bond donors (Lipinski definition) is 1. The molecule has 1 amide bonds. The number of anilines is 1. The molecular weight excluding hydrogens is 328 g/mol. The lowest BCUT2D eigenvalue weighted by Crippen LogP contribution is -2.46. The Labute approximate surface area is 132 Å². The quantitative estimate of drug-likeness (QED) is 0.910. The average molecular weight is 345 g/mol. The van der Waals surface area contributed by atoms with Crippen LogP contribution in [-0.2, 0) is 17.6 Å². The Morgan fingerprint density at radius 3 is 2.86 bits per heavy atom. The Balaban J connectivity index is 1.85. The molecule has 3 rings (SSSR count). The summed E-state index contributed by atoms with van der Waals surface area (Å²) in [6.45, 7) is 0.587. The predicted molar refractivity (Wildman–Crippen MR) is 88.3 cm³/mol. The van der Waals surface area contributed by atoms with Gasteiger partial charge in [0.2, 0.25) is 5.91 Å². The molecule has 0 saturated heterocycles. The van der Waals surface area contributed by atoms with Gasteiger partial charge in [-0.1, -0.05) is 46.3 Å². The Bertz CT molecular complexity index is 671. The maximum absolute atomic E-state index is 12.6. The summed E-state index contributed by atoms with van der Waals surface area (Å²) in [4.78, 5) is 14.5. The van der Waals surface area contributed by atoms with Gasteiger partial charge >= 0.3 is 0 Å². The molecule has 108 valence electrons. The first kappa shape index (κ1) is 14.3. The lowest BCUT2D eigenvalue weighted by atomic mass is 9.97. The molecule has 1 aliphatic rings. The molecule has 2 N–H and O–H groups in total. The Kier molecular flexibility index (Phi) is 4.08. The minimum absolute atomic E-state index is 0.00589. The van der Waals surface area contributed by atoms with Crippen molar-refractivity contribution in [2.45, 2.75) is 18.9 Å². The first-order valence-corrected chi connectivity index (χ1v) is 7.81. The van der Waals surface area contributed by atoms with E-state index in [1.54, 1.807) is 0 Å². The van der Waals surface area contributed by atoms with Gasteiger partial charge in [0.1, 0.15) is 0 Å². The summed E-state index contributed by atoms with van der Waals surface area (Å²) in [7, 11) is 0. The summed E-state index contributed by atoms with van der Waals surface area (Å²) in [5.41, 5.74) is 9.25. The molecule has 0 bridgehead atoms.